The SMILES string of the molecule is Cc1ccc(C(=O)N2CCN(C(=O)c3cccc(C(=O)[O-])c3)CC2)cc1. The lowest BCUT2D eigenvalue weighted by atomic mass is 10.1. The first-order valence-corrected chi connectivity index (χ1v) is 8.42. The molecule has 1 aliphatic rings. The number of aromatic carboxylic acids is 1. The van der Waals surface area contributed by atoms with Crippen molar-refractivity contribution in [3.05, 3.63) is 70.8 Å². The Labute approximate surface area is 151 Å². The number of carbonyl (C=O) groups is 3. The molecule has 26 heavy (non-hydrogen) atoms. The Morgan fingerprint density at radius 1 is 0.769 bits per heavy atom. The second-order valence-electron chi connectivity index (χ2n) is 6.32. The van der Waals surface area contributed by atoms with E-state index in [0.717, 1.165) is 5.56 Å². The summed E-state index contributed by atoms with van der Waals surface area (Å²) in [6.45, 7) is 3.67. The first kappa shape index (κ1) is 17.7. The summed E-state index contributed by atoms with van der Waals surface area (Å²) in [6.07, 6.45) is 0. The van der Waals surface area contributed by atoms with Crippen molar-refractivity contribution in [2.45, 2.75) is 6.92 Å². The molecule has 6 heteroatoms. The summed E-state index contributed by atoms with van der Waals surface area (Å²) in [5, 5.41) is 10.9. The van der Waals surface area contributed by atoms with Gasteiger partial charge in [0.1, 0.15) is 0 Å². The molecule has 1 heterocycles. The van der Waals surface area contributed by atoms with Gasteiger partial charge < -0.3 is 19.7 Å². The maximum atomic E-state index is 12.6. The quantitative estimate of drug-likeness (QED) is 0.825. The van der Waals surface area contributed by atoms with Crippen LogP contribution in [0.25, 0.3) is 0 Å². The summed E-state index contributed by atoms with van der Waals surface area (Å²) in [6, 6.07) is 13.2. The Kier molecular flexibility index (Phi) is 5.02. The molecule has 0 bridgehead atoms. The van der Waals surface area contributed by atoms with E-state index in [1.807, 2.05) is 19.1 Å². The first-order valence-electron chi connectivity index (χ1n) is 8.42. The normalized spacial score (nSPS) is 14.2. The number of hydrogen-bond donors (Lipinski definition) is 0. The summed E-state index contributed by atoms with van der Waals surface area (Å²) < 4.78 is 0. The predicted molar refractivity (Wildman–Crippen MR) is 93.8 cm³/mol. The highest BCUT2D eigenvalue weighted by atomic mass is 16.4. The van der Waals surface area contributed by atoms with E-state index in [1.165, 1.54) is 18.2 Å². The fourth-order valence-electron chi connectivity index (χ4n) is 2.95. The van der Waals surface area contributed by atoms with Crippen LogP contribution in [-0.4, -0.2) is 53.8 Å². The van der Waals surface area contributed by atoms with E-state index in [4.69, 9.17) is 0 Å². The molecule has 0 unspecified atom stereocenters. The van der Waals surface area contributed by atoms with Crippen molar-refractivity contribution in [1.29, 1.82) is 0 Å². The van der Waals surface area contributed by atoms with E-state index in [1.54, 1.807) is 28.0 Å². The van der Waals surface area contributed by atoms with Crippen LogP contribution in [0.4, 0.5) is 0 Å². The number of aryl methyl sites for hydroxylation is 1. The average Bonchev–Trinajstić information content (AvgIpc) is 2.67. The molecule has 1 aliphatic heterocycles. The maximum Gasteiger partial charge on any atom is 0.253 e. The van der Waals surface area contributed by atoms with Gasteiger partial charge in [-0.05, 0) is 36.8 Å². The van der Waals surface area contributed by atoms with Crippen molar-refractivity contribution in [2.75, 3.05) is 26.2 Å². The van der Waals surface area contributed by atoms with Crippen LogP contribution in [0, 0.1) is 6.92 Å². The summed E-state index contributed by atoms with van der Waals surface area (Å²) in [5.74, 6) is -1.60. The molecule has 0 radical (unpaired) electrons. The molecule has 1 fully saturated rings. The number of piperazine rings is 1. The van der Waals surface area contributed by atoms with Crippen LogP contribution in [0.3, 0.4) is 0 Å². The Hall–Kier alpha value is -3.15. The number of nitrogens with zero attached hydrogens (tertiary/aromatic N) is 2. The average molecular weight is 351 g/mol. The lowest BCUT2D eigenvalue weighted by Crippen LogP contribution is -2.50. The molecule has 0 aromatic heterocycles. The molecule has 134 valence electrons. The molecule has 2 amide bonds. The smallest absolute Gasteiger partial charge is 0.253 e. The monoisotopic (exact) mass is 351 g/mol. The highest BCUT2D eigenvalue weighted by Gasteiger charge is 2.25. The van der Waals surface area contributed by atoms with E-state index < -0.39 is 5.97 Å². The van der Waals surface area contributed by atoms with Gasteiger partial charge in [0.25, 0.3) is 11.8 Å². The molecule has 2 aromatic rings. The fraction of sp³-hybridized carbons (Fsp3) is 0.250. The van der Waals surface area contributed by atoms with Gasteiger partial charge in [0.2, 0.25) is 0 Å². The number of hydrogen-bond acceptors (Lipinski definition) is 4. The largest absolute Gasteiger partial charge is 0.545 e. The fourth-order valence-corrected chi connectivity index (χ4v) is 2.95. The Morgan fingerprint density at radius 2 is 1.27 bits per heavy atom. The molecule has 0 N–H and O–H groups in total. The van der Waals surface area contributed by atoms with Gasteiger partial charge in [-0.25, -0.2) is 0 Å². The van der Waals surface area contributed by atoms with Crippen LogP contribution in [0.5, 0.6) is 0 Å². The number of rotatable bonds is 3. The van der Waals surface area contributed by atoms with Crippen molar-refractivity contribution in [1.82, 2.24) is 9.80 Å². The highest BCUT2D eigenvalue weighted by molar-refractivity contribution is 5.97. The third-order valence-corrected chi connectivity index (χ3v) is 4.50. The summed E-state index contributed by atoms with van der Waals surface area (Å²) >= 11 is 0. The zero-order chi connectivity index (χ0) is 18.7. The van der Waals surface area contributed by atoms with Gasteiger partial charge in [0, 0.05) is 37.3 Å². The molecule has 0 spiro atoms. The van der Waals surface area contributed by atoms with Crippen LogP contribution in [0.2, 0.25) is 0 Å². The molecule has 0 aliphatic carbocycles. The first-order chi connectivity index (χ1) is 12.5. The Morgan fingerprint density at radius 3 is 1.81 bits per heavy atom. The summed E-state index contributed by atoms with van der Waals surface area (Å²) in [4.78, 5) is 39.4. The molecule has 2 aromatic carbocycles. The second-order valence-corrected chi connectivity index (χ2v) is 6.32. The Balaban J connectivity index is 1.63. The van der Waals surface area contributed by atoms with Gasteiger partial charge in [-0.3, -0.25) is 9.59 Å². The van der Waals surface area contributed by atoms with E-state index in [-0.39, 0.29) is 17.4 Å². The van der Waals surface area contributed by atoms with E-state index in [2.05, 4.69) is 0 Å². The van der Waals surface area contributed by atoms with Crippen LogP contribution in [0.15, 0.2) is 48.5 Å². The maximum absolute atomic E-state index is 12.6. The van der Waals surface area contributed by atoms with E-state index in [9.17, 15) is 19.5 Å². The molecule has 0 saturated carbocycles. The van der Waals surface area contributed by atoms with Gasteiger partial charge in [0.15, 0.2) is 0 Å². The third-order valence-electron chi connectivity index (χ3n) is 4.50. The standard InChI is InChI=1S/C20H20N2O4/c1-14-5-7-15(8-6-14)18(23)21-9-11-22(12-10-21)19(24)16-3-2-4-17(13-16)20(25)26/h2-8,13H,9-12H2,1H3,(H,25,26)/p-1. The number of carboxylic acids is 1. The molecule has 3 rings (SSSR count). The molecular weight excluding hydrogens is 332 g/mol. The zero-order valence-corrected chi connectivity index (χ0v) is 14.5. The van der Waals surface area contributed by atoms with Gasteiger partial charge in [-0.2, -0.15) is 0 Å². The van der Waals surface area contributed by atoms with E-state index in [0.29, 0.717) is 37.3 Å². The number of amides is 2. The highest BCUT2D eigenvalue weighted by Crippen LogP contribution is 2.13. The van der Waals surface area contributed by atoms with Gasteiger partial charge >= 0.3 is 0 Å². The molecule has 6 nitrogen and oxygen atoms in total. The van der Waals surface area contributed by atoms with Crippen molar-refractivity contribution in [2.24, 2.45) is 0 Å². The minimum Gasteiger partial charge on any atom is -0.545 e. The minimum atomic E-state index is -1.31. The van der Waals surface area contributed by atoms with Crippen molar-refractivity contribution in [3.63, 3.8) is 0 Å². The third kappa shape index (κ3) is 3.74. The topological polar surface area (TPSA) is 80.8 Å². The van der Waals surface area contributed by atoms with Crippen molar-refractivity contribution in [3.8, 4) is 0 Å². The number of carboxylic acid groups (broad SMARTS) is 1. The Bertz CT molecular complexity index is 837. The predicted octanol–water partition coefficient (Wildman–Crippen LogP) is 0.957. The number of carbonyl (C=O) groups excluding carboxylic acids is 3. The zero-order valence-electron chi connectivity index (χ0n) is 14.5. The number of benzene rings is 2. The lowest BCUT2D eigenvalue weighted by Gasteiger charge is -2.35. The van der Waals surface area contributed by atoms with Gasteiger partial charge in [0.05, 0.1) is 5.97 Å². The van der Waals surface area contributed by atoms with Crippen molar-refractivity contribution >= 4 is 17.8 Å². The minimum absolute atomic E-state index is 0.0240. The lowest BCUT2D eigenvalue weighted by molar-refractivity contribution is -0.255. The van der Waals surface area contributed by atoms with Crippen LogP contribution >= 0.6 is 0 Å². The summed E-state index contributed by atoms with van der Waals surface area (Å²) in [5.41, 5.74) is 2.02. The van der Waals surface area contributed by atoms with Gasteiger partial charge in [-0.15, -0.1) is 0 Å². The molecular formula is C20H19N2O4-. The van der Waals surface area contributed by atoms with E-state index >= 15 is 0 Å². The van der Waals surface area contributed by atoms with Crippen LogP contribution < -0.4 is 5.11 Å². The van der Waals surface area contributed by atoms with Gasteiger partial charge in [-0.1, -0.05) is 29.8 Å². The molecule has 1 saturated heterocycles. The molecule has 0 atom stereocenters. The summed E-state index contributed by atoms with van der Waals surface area (Å²) in [7, 11) is 0. The van der Waals surface area contributed by atoms with Crippen molar-refractivity contribution < 1.29 is 19.5 Å². The van der Waals surface area contributed by atoms with Crippen LogP contribution in [0.1, 0.15) is 36.6 Å². The second kappa shape index (κ2) is 7.39. The van der Waals surface area contributed by atoms with Crippen LogP contribution in [-0.2, 0) is 0 Å².